The summed E-state index contributed by atoms with van der Waals surface area (Å²) in [6.07, 6.45) is 0. The van der Waals surface area contributed by atoms with E-state index in [2.05, 4.69) is 20.9 Å². The lowest BCUT2D eigenvalue weighted by atomic mass is 9.96. The lowest BCUT2D eigenvalue weighted by molar-refractivity contribution is -0.384. The van der Waals surface area contributed by atoms with Crippen molar-refractivity contribution in [3.05, 3.63) is 61.2 Å². The van der Waals surface area contributed by atoms with Gasteiger partial charge in [0.1, 0.15) is 28.1 Å². The highest BCUT2D eigenvalue weighted by molar-refractivity contribution is 9.10. The van der Waals surface area contributed by atoms with Crippen molar-refractivity contribution < 1.29 is 9.72 Å². The maximum Gasteiger partial charge on any atom is 0.269 e. The third-order valence-electron chi connectivity index (χ3n) is 2.97. The molecule has 8 nitrogen and oxygen atoms in total. The highest BCUT2D eigenvalue weighted by Gasteiger charge is 2.24. The SMILES string of the molecule is N#Cc1c(N)nc(Br)c(C#N)c1C(=O)c1ccc([N+](=O)[O-])cc1. The summed E-state index contributed by atoms with van der Waals surface area (Å²) in [4.78, 5) is 26.5. The molecule has 2 aromatic rings. The molecule has 0 unspecified atom stereocenters. The summed E-state index contributed by atoms with van der Waals surface area (Å²) < 4.78 is 0.0433. The van der Waals surface area contributed by atoms with E-state index in [1.807, 2.05) is 0 Å². The van der Waals surface area contributed by atoms with E-state index in [1.54, 1.807) is 12.1 Å². The largest absolute Gasteiger partial charge is 0.383 e. The third kappa shape index (κ3) is 2.86. The van der Waals surface area contributed by atoms with Gasteiger partial charge in [0.15, 0.2) is 5.78 Å². The number of benzene rings is 1. The van der Waals surface area contributed by atoms with E-state index in [9.17, 15) is 25.4 Å². The number of hydrogen-bond donors (Lipinski definition) is 1. The molecule has 0 amide bonds. The average molecular weight is 372 g/mol. The maximum absolute atomic E-state index is 12.6. The first-order valence-corrected chi connectivity index (χ1v) is 6.78. The number of aromatic nitrogens is 1. The lowest BCUT2D eigenvalue weighted by Gasteiger charge is -2.09. The van der Waals surface area contributed by atoms with Gasteiger partial charge in [0, 0.05) is 17.7 Å². The van der Waals surface area contributed by atoms with Gasteiger partial charge in [-0.15, -0.1) is 0 Å². The van der Waals surface area contributed by atoms with Crippen molar-refractivity contribution in [3.63, 3.8) is 0 Å². The minimum absolute atomic E-state index is 0.0433. The Morgan fingerprint density at radius 3 is 2.26 bits per heavy atom. The van der Waals surface area contributed by atoms with Crippen molar-refractivity contribution >= 4 is 33.2 Å². The summed E-state index contributed by atoms with van der Waals surface area (Å²) >= 11 is 3.03. The number of nitro groups is 1. The summed E-state index contributed by atoms with van der Waals surface area (Å²) in [6.45, 7) is 0. The van der Waals surface area contributed by atoms with Crippen molar-refractivity contribution in [1.29, 1.82) is 10.5 Å². The van der Waals surface area contributed by atoms with Crippen LogP contribution in [0.4, 0.5) is 11.5 Å². The number of ketones is 1. The highest BCUT2D eigenvalue weighted by Crippen LogP contribution is 2.27. The molecule has 0 aliphatic rings. The zero-order valence-corrected chi connectivity index (χ0v) is 12.9. The molecule has 0 saturated carbocycles. The number of pyridine rings is 1. The van der Waals surface area contributed by atoms with Crippen molar-refractivity contribution in [2.45, 2.75) is 0 Å². The minimum atomic E-state index is -0.650. The molecule has 0 aliphatic carbocycles. The van der Waals surface area contributed by atoms with Crippen LogP contribution in [-0.4, -0.2) is 15.7 Å². The van der Waals surface area contributed by atoms with Crippen molar-refractivity contribution in [2.24, 2.45) is 0 Å². The highest BCUT2D eigenvalue weighted by atomic mass is 79.9. The number of hydrogen-bond acceptors (Lipinski definition) is 7. The maximum atomic E-state index is 12.6. The van der Waals surface area contributed by atoms with Crippen LogP contribution in [0.3, 0.4) is 0 Å². The molecule has 0 radical (unpaired) electrons. The molecular formula is C14H6BrN5O3. The number of nitrogen functional groups attached to an aromatic ring is 1. The van der Waals surface area contributed by atoms with Gasteiger partial charge in [-0.2, -0.15) is 10.5 Å². The Hall–Kier alpha value is -3.30. The number of carbonyl (C=O) groups is 1. The fraction of sp³-hybridized carbons (Fsp3) is 0. The predicted molar refractivity (Wildman–Crippen MR) is 82.3 cm³/mol. The van der Waals surface area contributed by atoms with Gasteiger partial charge in [-0.1, -0.05) is 0 Å². The van der Waals surface area contributed by atoms with E-state index in [4.69, 9.17) is 5.73 Å². The Balaban J connectivity index is 2.66. The second-order valence-electron chi connectivity index (χ2n) is 4.27. The van der Waals surface area contributed by atoms with Crippen LogP contribution in [0.15, 0.2) is 28.9 Å². The van der Waals surface area contributed by atoms with Crippen LogP contribution in [-0.2, 0) is 0 Å². The first-order chi connectivity index (χ1) is 10.9. The number of nitriles is 2. The Kier molecular flexibility index (Phi) is 4.35. The summed E-state index contributed by atoms with van der Waals surface area (Å²) in [5, 5.41) is 29.0. The van der Waals surface area contributed by atoms with Gasteiger partial charge < -0.3 is 5.73 Å². The van der Waals surface area contributed by atoms with E-state index >= 15 is 0 Å². The summed E-state index contributed by atoms with van der Waals surface area (Å²) in [5.74, 6) is -0.841. The predicted octanol–water partition coefficient (Wildman–Crippen LogP) is 2.31. The third-order valence-corrected chi connectivity index (χ3v) is 3.55. The second-order valence-corrected chi connectivity index (χ2v) is 5.02. The number of anilines is 1. The molecule has 1 heterocycles. The van der Waals surface area contributed by atoms with Crippen LogP contribution in [0.1, 0.15) is 27.0 Å². The smallest absolute Gasteiger partial charge is 0.269 e. The molecule has 0 bridgehead atoms. The summed E-state index contributed by atoms with van der Waals surface area (Å²) in [5.41, 5.74) is 4.99. The standard InChI is InChI=1S/C14H6BrN5O3/c15-13-9(5-16)11(10(6-17)14(18)19-13)12(21)7-1-3-8(4-2-7)20(22)23/h1-4H,(H2,18,19). The average Bonchev–Trinajstić information content (AvgIpc) is 2.53. The fourth-order valence-electron chi connectivity index (χ4n) is 1.89. The van der Waals surface area contributed by atoms with Crippen LogP contribution in [0.5, 0.6) is 0 Å². The molecule has 0 aliphatic heterocycles. The number of nitrogens with zero attached hydrogens (tertiary/aromatic N) is 4. The molecule has 112 valence electrons. The van der Waals surface area contributed by atoms with Gasteiger partial charge in [0.05, 0.1) is 16.1 Å². The minimum Gasteiger partial charge on any atom is -0.383 e. The molecule has 23 heavy (non-hydrogen) atoms. The Morgan fingerprint density at radius 1 is 1.22 bits per heavy atom. The summed E-state index contributed by atoms with van der Waals surface area (Å²) in [6, 6.07) is 8.36. The molecule has 1 aromatic heterocycles. The lowest BCUT2D eigenvalue weighted by Crippen LogP contribution is -2.11. The molecule has 0 saturated heterocycles. The van der Waals surface area contributed by atoms with Gasteiger partial charge in [-0.05, 0) is 28.1 Å². The molecule has 0 spiro atoms. The van der Waals surface area contributed by atoms with E-state index in [0.717, 1.165) is 12.1 Å². The number of halogens is 1. The number of nitro benzene ring substituents is 1. The van der Waals surface area contributed by atoms with E-state index in [1.165, 1.54) is 12.1 Å². The monoisotopic (exact) mass is 371 g/mol. The van der Waals surface area contributed by atoms with Gasteiger partial charge in [0.2, 0.25) is 0 Å². The first kappa shape index (κ1) is 16.1. The van der Waals surface area contributed by atoms with Gasteiger partial charge >= 0.3 is 0 Å². The Labute approximate surface area is 138 Å². The number of non-ortho nitro benzene ring substituents is 1. The van der Waals surface area contributed by atoms with Crippen molar-refractivity contribution in [3.8, 4) is 12.1 Å². The van der Waals surface area contributed by atoms with Crippen LogP contribution in [0, 0.1) is 32.8 Å². The second kappa shape index (κ2) is 6.22. The molecule has 2 N–H and O–H groups in total. The molecule has 9 heteroatoms. The number of rotatable bonds is 3. The Morgan fingerprint density at radius 2 is 1.78 bits per heavy atom. The van der Waals surface area contributed by atoms with Crippen LogP contribution in [0.2, 0.25) is 0 Å². The van der Waals surface area contributed by atoms with Crippen molar-refractivity contribution in [2.75, 3.05) is 5.73 Å². The van der Waals surface area contributed by atoms with Gasteiger partial charge in [-0.25, -0.2) is 4.98 Å². The Bertz CT molecular complexity index is 872. The number of nitrogens with two attached hydrogens (primary N) is 1. The van der Waals surface area contributed by atoms with E-state index in [-0.39, 0.29) is 38.4 Å². The van der Waals surface area contributed by atoms with Crippen LogP contribution >= 0.6 is 15.9 Å². The quantitative estimate of drug-likeness (QED) is 0.376. The summed E-state index contributed by atoms with van der Waals surface area (Å²) in [7, 11) is 0. The molecular weight excluding hydrogens is 366 g/mol. The van der Waals surface area contributed by atoms with Crippen LogP contribution < -0.4 is 5.73 Å². The van der Waals surface area contributed by atoms with E-state index in [0.29, 0.717) is 0 Å². The zero-order valence-electron chi connectivity index (χ0n) is 11.3. The van der Waals surface area contributed by atoms with Gasteiger partial charge in [0.25, 0.3) is 5.69 Å². The molecule has 0 fully saturated rings. The molecule has 2 rings (SSSR count). The van der Waals surface area contributed by atoms with Crippen molar-refractivity contribution in [1.82, 2.24) is 4.98 Å². The number of carbonyl (C=O) groups excluding carboxylic acids is 1. The molecule has 0 atom stereocenters. The first-order valence-electron chi connectivity index (χ1n) is 5.99. The normalized spacial score (nSPS) is 9.70. The molecule has 1 aromatic carbocycles. The van der Waals surface area contributed by atoms with Crippen LogP contribution in [0.25, 0.3) is 0 Å². The fourth-order valence-corrected chi connectivity index (χ4v) is 2.37. The van der Waals surface area contributed by atoms with E-state index < -0.39 is 10.7 Å². The zero-order chi connectivity index (χ0) is 17.1. The topological polar surface area (TPSA) is 147 Å². The van der Waals surface area contributed by atoms with Gasteiger partial charge in [-0.3, -0.25) is 14.9 Å².